The molecule has 1 aliphatic carbocycles. The molecule has 2 amide bonds. The average Bonchev–Trinajstić information content (AvgIpc) is 2.81. The van der Waals surface area contributed by atoms with Crippen LogP contribution < -0.4 is 10.2 Å². The molecule has 0 spiro atoms. The van der Waals surface area contributed by atoms with Gasteiger partial charge in [0.1, 0.15) is 10.7 Å². The van der Waals surface area contributed by atoms with Crippen molar-refractivity contribution >= 4 is 29.1 Å². The van der Waals surface area contributed by atoms with Crippen molar-refractivity contribution in [3.8, 4) is 0 Å². The minimum absolute atomic E-state index is 0.00353. The van der Waals surface area contributed by atoms with Crippen molar-refractivity contribution in [2.45, 2.75) is 57.9 Å². The molecule has 0 bridgehead atoms. The number of nitrogens with zero attached hydrogens (tertiary/aromatic N) is 1. The summed E-state index contributed by atoms with van der Waals surface area (Å²) in [4.78, 5) is 26.4. The van der Waals surface area contributed by atoms with Crippen molar-refractivity contribution in [1.29, 1.82) is 0 Å². The third-order valence-electron chi connectivity index (χ3n) is 4.83. The number of halogens is 1. The number of amides is 2. The van der Waals surface area contributed by atoms with Crippen LogP contribution in [0.1, 0.15) is 51.0 Å². The van der Waals surface area contributed by atoms with Gasteiger partial charge in [-0.25, -0.2) is 4.90 Å². The number of imide groups is 1. The molecule has 1 saturated carbocycles. The highest BCUT2D eigenvalue weighted by Crippen LogP contribution is 2.29. The first kappa shape index (κ1) is 17.0. The summed E-state index contributed by atoms with van der Waals surface area (Å²) in [6, 6.07) is 7.68. The Kier molecular flexibility index (Phi) is 5.24. The van der Waals surface area contributed by atoms with Gasteiger partial charge in [-0.1, -0.05) is 56.3 Å². The Morgan fingerprint density at radius 2 is 1.67 bits per heavy atom. The van der Waals surface area contributed by atoms with Crippen LogP contribution in [0.25, 0.3) is 0 Å². The number of carbonyl (C=O) groups is 2. The fraction of sp³-hybridized carbons (Fsp3) is 0.474. The van der Waals surface area contributed by atoms with Crippen LogP contribution in [0.3, 0.4) is 0 Å². The number of nitrogens with one attached hydrogen (secondary N) is 1. The minimum atomic E-state index is -0.443. The van der Waals surface area contributed by atoms with Gasteiger partial charge in [0.05, 0.1) is 5.69 Å². The molecule has 0 radical (unpaired) electrons. The van der Waals surface area contributed by atoms with Crippen LogP contribution in [0.4, 0.5) is 5.69 Å². The van der Waals surface area contributed by atoms with Gasteiger partial charge in [-0.15, -0.1) is 0 Å². The predicted molar refractivity (Wildman–Crippen MR) is 95.8 cm³/mol. The summed E-state index contributed by atoms with van der Waals surface area (Å²) >= 11 is 6.19. The molecule has 0 saturated heterocycles. The van der Waals surface area contributed by atoms with E-state index in [4.69, 9.17) is 11.6 Å². The van der Waals surface area contributed by atoms with Gasteiger partial charge in [-0.3, -0.25) is 9.59 Å². The van der Waals surface area contributed by atoms with Crippen molar-refractivity contribution in [2.24, 2.45) is 0 Å². The van der Waals surface area contributed by atoms with Gasteiger partial charge < -0.3 is 5.32 Å². The Bertz CT molecular complexity index is 658. The van der Waals surface area contributed by atoms with Crippen LogP contribution in [0, 0.1) is 0 Å². The van der Waals surface area contributed by atoms with Crippen LogP contribution >= 0.6 is 11.6 Å². The molecule has 1 N–H and O–H groups in total. The Labute approximate surface area is 147 Å². The van der Waals surface area contributed by atoms with E-state index in [0.29, 0.717) is 5.69 Å². The van der Waals surface area contributed by atoms with Gasteiger partial charge in [0.25, 0.3) is 11.8 Å². The summed E-state index contributed by atoms with van der Waals surface area (Å²) in [6.45, 7) is 2.06. The molecule has 1 heterocycles. The lowest BCUT2D eigenvalue weighted by molar-refractivity contribution is -0.120. The van der Waals surface area contributed by atoms with Gasteiger partial charge in [0.15, 0.2) is 0 Å². The van der Waals surface area contributed by atoms with Crippen molar-refractivity contribution in [3.05, 3.63) is 40.6 Å². The molecule has 0 atom stereocenters. The van der Waals surface area contributed by atoms with E-state index in [1.165, 1.54) is 17.7 Å². The molecule has 24 heavy (non-hydrogen) atoms. The Balaban J connectivity index is 1.78. The van der Waals surface area contributed by atoms with Crippen LogP contribution in [0.2, 0.25) is 0 Å². The van der Waals surface area contributed by atoms with E-state index in [9.17, 15) is 9.59 Å². The van der Waals surface area contributed by atoms with E-state index in [-0.39, 0.29) is 22.7 Å². The molecule has 0 unspecified atom stereocenters. The lowest BCUT2D eigenvalue weighted by atomic mass is 10.1. The number of hydrogen-bond donors (Lipinski definition) is 1. The quantitative estimate of drug-likeness (QED) is 0.664. The van der Waals surface area contributed by atoms with Crippen molar-refractivity contribution in [2.75, 3.05) is 4.90 Å². The zero-order valence-electron chi connectivity index (χ0n) is 14.0. The second-order valence-corrected chi connectivity index (χ2v) is 6.87. The molecule has 3 rings (SSSR count). The number of benzene rings is 1. The number of anilines is 1. The Hall–Kier alpha value is -1.81. The van der Waals surface area contributed by atoms with Gasteiger partial charge >= 0.3 is 0 Å². The largest absolute Gasteiger partial charge is 0.376 e. The first-order valence-corrected chi connectivity index (χ1v) is 9.13. The van der Waals surface area contributed by atoms with Crippen molar-refractivity contribution in [1.82, 2.24) is 5.32 Å². The van der Waals surface area contributed by atoms with Crippen LogP contribution in [0.5, 0.6) is 0 Å². The zero-order valence-corrected chi connectivity index (χ0v) is 14.7. The van der Waals surface area contributed by atoms with E-state index in [2.05, 4.69) is 12.2 Å². The van der Waals surface area contributed by atoms with Crippen LogP contribution in [-0.4, -0.2) is 17.9 Å². The highest BCUT2D eigenvalue weighted by molar-refractivity contribution is 6.52. The fourth-order valence-electron chi connectivity index (χ4n) is 3.37. The Morgan fingerprint density at radius 1 is 1.04 bits per heavy atom. The first-order chi connectivity index (χ1) is 11.6. The predicted octanol–water partition coefficient (Wildman–Crippen LogP) is 3.89. The molecule has 4 nitrogen and oxygen atoms in total. The van der Waals surface area contributed by atoms with Crippen LogP contribution in [0.15, 0.2) is 35.0 Å². The average molecular weight is 347 g/mol. The van der Waals surface area contributed by atoms with Crippen LogP contribution in [-0.2, 0) is 16.0 Å². The monoisotopic (exact) mass is 346 g/mol. The normalized spacial score (nSPS) is 19.8. The third kappa shape index (κ3) is 3.34. The number of hydrogen-bond acceptors (Lipinski definition) is 3. The summed E-state index contributed by atoms with van der Waals surface area (Å²) in [7, 11) is 0. The second kappa shape index (κ2) is 7.39. The molecule has 1 aromatic carbocycles. The smallest absolute Gasteiger partial charge is 0.283 e. The topological polar surface area (TPSA) is 49.4 Å². The maximum absolute atomic E-state index is 12.7. The zero-order chi connectivity index (χ0) is 17.1. The molecule has 128 valence electrons. The molecule has 1 aliphatic heterocycles. The Morgan fingerprint density at radius 3 is 2.25 bits per heavy atom. The summed E-state index contributed by atoms with van der Waals surface area (Å²) in [5.41, 5.74) is 1.99. The van der Waals surface area contributed by atoms with E-state index in [0.717, 1.165) is 37.7 Å². The molecular weight excluding hydrogens is 324 g/mol. The molecule has 1 aromatic rings. The second-order valence-electron chi connectivity index (χ2n) is 6.49. The van der Waals surface area contributed by atoms with Gasteiger partial charge in [0, 0.05) is 6.04 Å². The first-order valence-electron chi connectivity index (χ1n) is 8.76. The number of rotatable bonds is 4. The number of carbonyl (C=O) groups excluding carboxylic acids is 2. The maximum atomic E-state index is 12.7. The van der Waals surface area contributed by atoms with Gasteiger partial charge in [0.2, 0.25) is 0 Å². The van der Waals surface area contributed by atoms with Gasteiger partial charge in [-0.05, 0) is 37.0 Å². The highest BCUT2D eigenvalue weighted by Gasteiger charge is 2.39. The molecule has 1 fully saturated rings. The SMILES string of the molecule is CCc1ccc(N2C(=O)C(Cl)=C(NC3CCCCCC3)C2=O)cc1. The maximum Gasteiger partial charge on any atom is 0.283 e. The van der Waals surface area contributed by atoms with Gasteiger partial charge in [-0.2, -0.15) is 0 Å². The van der Waals surface area contributed by atoms with E-state index < -0.39 is 5.91 Å². The number of aryl methyl sites for hydroxylation is 1. The summed E-state index contributed by atoms with van der Waals surface area (Å²) in [5.74, 6) is -0.791. The van der Waals surface area contributed by atoms with Crippen molar-refractivity contribution in [3.63, 3.8) is 0 Å². The summed E-state index contributed by atoms with van der Waals surface area (Å²) in [6.07, 6.45) is 7.69. The summed E-state index contributed by atoms with van der Waals surface area (Å²) < 4.78 is 0. The van der Waals surface area contributed by atoms with Crippen molar-refractivity contribution < 1.29 is 9.59 Å². The lowest BCUT2D eigenvalue weighted by Crippen LogP contribution is -2.36. The molecule has 0 aromatic heterocycles. The van der Waals surface area contributed by atoms with E-state index >= 15 is 0 Å². The minimum Gasteiger partial charge on any atom is -0.376 e. The third-order valence-corrected chi connectivity index (χ3v) is 5.18. The van der Waals surface area contributed by atoms with E-state index in [1.807, 2.05) is 12.1 Å². The standard InChI is InChI=1S/C19H23ClN2O2/c1-2-13-9-11-15(12-10-13)22-18(23)16(20)17(19(22)24)21-14-7-5-3-4-6-8-14/h9-12,14,21H,2-8H2,1H3. The fourth-order valence-corrected chi connectivity index (χ4v) is 3.59. The van der Waals surface area contributed by atoms with E-state index in [1.54, 1.807) is 12.1 Å². The molecule has 2 aliphatic rings. The molecule has 5 heteroatoms. The summed E-state index contributed by atoms with van der Waals surface area (Å²) in [5, 5.41) is 3.25. The highest BCUT2D eigenvalue weighted by atomic mass is 35.5. The molecular formula is C19H23ClN2O2. The lowest BCUT2D eigenvalue weighted by Gasteiger charge is -2.19.